The van der Waals surface area contributed by atoms with Gasteiger partial charge in [0.15, 0.2) is 0 Å². The SMILES string of the molecule is CCCn1ccnc1CC(O)CNC(C)(C)C. The van der Waals surface area contributed by atoms with Crippen molar-refractivity contribution >= 4 is 0 Å². The summed E-state index contributed by atoms with van der Waals surface area (Å²) < 4.78 is 2.11. The highest BCUT2D eigenvalue weighted by atomic mass is 16.3. The minimum atomic E-state index is -0.382. The van der Waals surface area contributed by atoms with Crippen LogP contribution in [-0.4, -0.2) is 32.8 Å². The van der Waals surface area contributed by atoms with Gasteiger partial charge in [-0.05, 0) is 27.2 Å². The normalized spacial score (nSPS) is 13.9. The second-order valence-corrected chi connectivity index (χ2v) is 5.53. The first kappa shape index (κ1) is 14.2. The van der Waals surface area contributed by atoms with E-state index in [1.54, 1.807) is 6.20 Å². The summed E-state index contributed by atoms with van der Waals surface area (Å²) in [6.45, 7) is 9.99. The van der Waals surface area contributed by atoms with E-state index in [9.17, 15) is 5.11 Å². The van der Waals surface area contributed by atoms with Crippen molar-refractivity contribution in [2.24, 2.45) is 0 Å². The largest absolute Gasteiger partial charge is 0.391 e. The Morgan fingerprint density at radius 3 is 2.76 bits per heavy atom. The van der Waals surface area contributed by atoms with E-state index in [1.807, 2.05) is 6.20 Å². The summed E-state index contributed by atoms with van der Waals surface area (Å²) in [7, 11) is 0. The van der Waals surface area contributed by atoms with Gasteiger partial charge < -0.3 is 15.0 Å². The van der Waals surface area contributed by atoms with Crippen molar-refractivity contribution in [3.05, 3.63) is 18.2 Å². The molecular formula is C13H25N3O. The first-order chi connectivity index (χ1) is 7.92. The summed E-state index contributed by atoms with van der Waals surface area (Å²) in [5.74, 6) is 0.968. The number of aromatic nitrogens is 2. The van der Waals surface area contributed by atoms with Gasteiger partial charge in [-0.3, -0.25) is 0 Å². The average Bonchev–Trinajstić information content (AvgIpc) is 2.63. The first-order valence-corrected chi connectivity index (χ1v) is 6.35. The van der Waals surface area contributed by atoms with Gasteiger partial charge in [0.2, 0.25) is 0 Å². The number of hydrogen-bond donors (Lipinski definition) is 2. The first-order valence-electron chi connectivity index (χ1n) is 6.35. The Bertz CT molecular complexity index is 328. The monoisotopic (exact) mass is 239 g/mol. The van der Waals surface area contributed by atoms with Crippen molar-refractivity contribution in [1.82, 2.24) is 14.9 Å². The molecular weight excluding hydrogens is 214 g/mol. The predicted octanol–water partition coefficient (Wildman–Crippen LogP) is 1.58. The van der Waals surface area contributed by atoms with E-state index in [2.05, 4.69) is 42.6 Å². The van der Waals surface area contributed by atoms with E-state index in [1.165, 1.54) is 0 Å². The van der Waals surface area contributed by atoms with E-state index in [0.717, 1.165) is 18.8 Å². The highest BCUT2D eigenvalue weighted by molar-refractivity contribution is 4.94. The van der Waals surface area contributed by atoms with Crippen LogP contribution in [0.3, 0.4) is 0 Å². The maximum Gasteiger partial charge on any atom is 0.111 e. The van der Waals surface area contributed by atoms with Gasteiger partial charge >= 0.3 is 0 Å². The molecule has 0 amide bonds. The third kappa shape index (κ3) is 5.33. The van der Waals surface area contributed by atoms with Gasteiger partial charge in [-0.1, -0.05) is 6.92 Å². The fraction of sp³-hybridized carbons (Fsp3) is 0.769. The van der Waals surface area contributed by atoms with E-state index >= 15 is 0 Å². The Hall–Kier alpha value is -0.870. The minimum absolute atomic E-state index is 0.0415. The number of aryl methyl sites for hydroxylation is 1. The van der Waals surface area contributed by atoms with Crippen LogP contribution in [0.2, 0.25) is 0 Å². The average molecular weight is 239 g/mol. The van der Waals surface area contributed by atoms with Crippen LogP contribution >= 0.6 is 0 Å². The quantitative estimate of drug-likeness (QED) is 0.792. The second kappa shape index (κ2) is 6.17. The van der Waals surface area contributed by atoms with Gasteiger partial charge in [0.25, 0.3) is 0 Å². The molecule has 1 unspecified atom stereocenters. The van der Waals surface area contributed by atoms with Crippen LogP contribution in [0.5, 0.6) is 0 Å². The van der Waals surface area contributed by atoms with Crippen LogP contribution < -0.4 is 5.32 Å². The fourth-order valence-corrected chi connectivity index (χ4v) is 1.68. The lowest BCUT2D eigenvalue weighted by atomic mass is 10.1. The molecule has 4 heteroatoms. The van der Waals surface area contributed by atoms with Gasteiger partial charge in [0.1, 0.15) is 5.82 Å². The standard InChI is InChI=1S/C13H25N3O/c1-5-7-16-8-6-14-12(16)9-11(17)10-15-13(2,3)4/h6,8,11,15,17H,5,7,9-10H2,1-4H3. The fourth-order valence-electron chi connectivity index (χ4n) is 1.68. The van der Waals surface area contributed by atoms with Crippen molar-refractivity contribution in [2.75, 3.05) is 6.54 Å². The molecule has 98 valence electrons. The zero-order chi connectivity index (χ0) is 12.9. The molecule has 0 saturated heterocycles. The summed E-state index contributed by atoms with van der Waals surface area (Å²) in [5.41, 5.74) is 0.0415. The molecule has 17 heavy (non-hydrogen) atoms. The van der Waals surface area contributed by atoms with E-state index in [0.29, 0.717) is 13.0 Å². The van der Waals surface area contributed by atoms with E-state index in [-0.39, 0.29) is 11.6 Å². The molecule has 0 radical (unpaired) electrons. The summed E-state index contributed by atoms with van der Waals surface area (Å²) in [5, 5.41) is 13.3. The summed E-state index contributed by atoms with van der Waals surface area (Å²) in [6, 6.07) is 0. The number of aliphatic hydroxyl groups excluding tert-OH is 1. The van der Waals surface area contributed by atoms with Crippen LogP contribution in [0.25, 0.3) is 0 Å². The molecule has 1 rings (SSSR count). The van der Waals surface area contributed by atoms with Gasteiger partial charge in [0.05, 0.1) is 6.10 Å². The van der Waals surface area contributed by atoms with Crippen molar-refractivity contribution in [1.29, 1.82) is 0 Å². The Labute approximate surface area is 104 Å². The molecule has 0 saturated carbocycles. The van der Waals surface area contributed by atoms with E-state index < -0.39 is 0 Å². The number of aliphatic hydroxyl groups is 1. The number of hydrogen-bond acceptors (Lipinski definition) is 3. The molecule has 1 atom stereocenters. The molecule has 4 nitrogen and oxygen atoms in total. The van der Waals surface area contributed by atoms with Crippen molar-refractivity contribution in [3.8, 4) is 0 Å². The molecule has 0 bridgehead atoms. The minimum Gasteiger partial charge on any atom is -0.391 e. The van der Waals surface area contributed by atoms with Gasteiger partial charge in [-0.25, -0.2) is 4.98 Å². The zero-order valence-electron chi connectivity index (χ0n) is 11.4. The Balaban J connectivity index is 2.44. The maximum atomic E-state index is 9.96. The summed E-state index contributed by atoms with van der Waals surface area (Å²) >= 11 is 0. The lowest BCUT2D eigenvalue weighted by Gasteiger charge is -2.22. The third-order valence-electron chi connectivity index (χ3n) is 2.55. The summed E-state index contributed by atoms with van der Waals surface area (Å²) in [6.07, 6.45) is 5.08. The Morgan fingerprint density at radius 2 is 2.18 bits per heavy atom. The molecule has 0 aromatic carbocycles. The van der Waals surface area contributed by atoms with Crippen molar-refractivity contribution in [2.45, 2.75) is 58.7 Å². The van der Waals surface area contributed by atoms with Crippen LogP contribution in [0.15, 0.2) is 12.4 Å². The number of rotatable bonds is 6. The number of imidazole rings is 1. The highest BCUT2D eigenvalue weighted by Gasteiger charge is 2.14. The maximum absolute atomic E-state index is 9.96. The second-order valence-electron chi connectivity index (χ2n) is 5.53. The molecule has 1 aromatic rings. The van der Waals surface area contributed by atoms with Crippen molar-refractivity contribution < 1.29 is 5.11 Å². The topological polar surface area (TPSA) is 50.1 Å². The van der Waals surface area contributed by atoms with Crippen LogP contribution in [0, 0.1) is 0 Å². The molecule has 1 aromatic heterocycles. The number of β-amino-alcohol motifs (C(OH)–C–C–N with tert-alkyl or cyclic N) is 1. The smallest absolute Gasteiger partial charge is 0.111 e. The van der Waals surface area contributed by atoms with Crippen LogP contribution in [0.1, 0.15) is 39.9 Å². The number of nitrogens with zero attached hydrogens (tertiary/aromatic N) is 2. The van der Waals surface area contributed by atoms with Crippen LogP contribution in [0.4, 0.5) is 0 Å². The molecule has 0 fully saturated rings. The molecule has 0 aliphatic heterocycles. The van der Waals surface area contributed by atoms with Gasteiger partial charge in [-0.15, -0.1) is 0 Å². The van der Waals surface area contributed by atoms with E-state index in [4.69, 9.17) is 0 Å². The van der Waals surface area contributed by atoms with Gasteiger partial charge in [0, 0.05) is 37.4 Å². The lowest BCUT2D eigenvalue weighted by molar-refractivity contribution is 0.157. The Morgan fingerprint density at radius 1 is 1.47 bits per heavy atom. The molecule has 0 aliphatic carbocycles. The molecule has 0 aliphatic rings. The zero-order valence-corrected chi connectivity index (χ0v) is 11.4. The lowest BCUT2D eigenvalue weighted by Crippen LogP contribution is -2.41. The molecule has 1 heterocycles. The molecule has 2 N–H and O–H groups in total. The predicted molar refractivity (Wildman–Crippen MR) is 70.0 cm³/mol. The highest BCUT2D eigenvalue weighted by Crippen LogP contribution is 2.04. The van der Waals surface area contributed by atoms with Crippen molar-refractivity contribution in [3.63, 3.8) is 0 Å². The van der Waals surface area contributed by atoms with Crippen LogP contribution in [-0.2, 0) is 13.0 Å². The molecule has 0 spiro atoms. The third-order valence-corrected chi connectivity index (χ3v) is 2.55. The van der Waals surface area contributed by atoms with Gasteiger partial charge in [-0.2, -0.15) is 0 Å². The summed E-state index contributed by atoms with van der Waals surface area (Å²) in [4.78, 5) is 4.29. The number of nitrogens with one attached hydrogen (secondary N) is 1. The Kier molecular flexibility index (Phi) is 5.15.